The summed E-state index contributed by atoms with van der Waals surface area (Å²) >= 11 is 0. The van der Waals surface area contributed by atoms with Crippen LogP contribution in [0.2, 0.25) is 0 Å². The van der Waals surface area contributed by atoms with Gasteiger partial charge in [-0.05, 0) is 28.8 Å². The minimum absolute atomic E-state index is 0.0930. The second-order valence-corrected chi connectivity index (χ2v) is 9.85. The van der Waals surface area contributed by atoms with Crippen molar-refractivity contribution in [3.8, 4) is 28.4 Å². The lowest BCUT2D eigenvalue weighted by atomic mass is 9.88. The Morgan fingerprint density at radius 3 is 2.46 bits per heavy atom. The number of benzene rings is 3. The van der Waals surface area contributed by atoms with E-state index in [9.17, 15) is 17.2 Å². The number of alkyl halides is 2. The van der Waals surface area contributed by atoms with E-state index in [2.05, 4.69) is 0 Å². The number of hydrogen-bond acceptors (Lipinski definition) is 7. The Balaban J connectivity index is 1.77. The molecule has 37 heavy (non-hydrogen) atoms. The molecule has 1 atom stereocenters. The van der Waals surface area contributed by atoms with Crippen molar-refractivity contribution in [1.82, 2.24) is 0 Å². The van der Waals surface area contributed by atoms with Gasteiger partial charge in [-0.1, -0.05) is 48.5 Å². The third kappa shape index (κ3) is 6.75. The zero-order chi connectivity index (χ0) is 26.4. The van der Waals surface area contributed by atoms with Crippen LogP contribution in [0.4, 0.5) is 8.78 Å². The largest absolute Gasteiger partial charge is 0.487 e. The fourth-order valence-electron chi connectivity index (χ4n) is 4.12. The van der Waals surface area contributed by atoms with Gasteiger partial charge in [0.2, 0.25) is 10.0 Å². The molecule has 0 aliphatic carbocycles. The Labute approximate surface area is 213 Å². The van der Waals surface area contributed by atoms with E-state index in [0.717, 1.165) is 5.56 Å². The lowest BCUT2D eigenvalue weighted by molar-refractivity contribution is -0.0515. The topological polar surface area (TPSA) is 106 Å². The number of halogens is 2. The predicted molar refractivity (Wildman–Crippen MR) is 132 cm³/mol. The Kier molecular flexibility index (Phi) is 8.59. The molecule has 2 N–H and O–H groups in total. The summed E-state index contributed by atoms with van der Waals surface area (Å²) in [5.74, 6) is -0.159. The van der Waals surface area contributed by atoms with E-state index in [4.69, 9.17) is 28.8 Å². The molecule has 1 unspecified atom stereocenters. The average Bonchev–Trinajstić information content (AvgIpc) is 2.85. The molecule has 198 valence electrons. The van der Waals surface area contributed by atoms with Crippen molar-refractivity contribution in [2.75, 3.05) is 33.5 Å². The van der Waals surface area contributed by atoms with Crippen LogP contribution in [0.5, 0.6) is 17.2 Å². The van der Waals surface area contributed by atoms with Crippen LogP contribution in [0.25, 0.3) is 11.1 Å². The first kappa shape index (κ1) is 26.8. The Bertz CT molecular complexity index is 1320. The van der Waals surface area contributed by atoms with Crippen LogP contribution in [-0.2, 0) is 25.2 Å². The standard InChI is InChI=1S/C26H27F2NO7S/c1-32-11-12-33-13-14-34-22-10-9-21-23(25(22)36-26(27)28)19-8-7-17(16-37(29,30)31)15-20(19)24(35-21)18-5-3-2-4-6-18/h2-10,15,24,26H,11-14,16H2,1H3,(H2,29,30,31). The molecule has 0 bridgehead atoms. The van der Waals surface area contributed by atoms with E-state index in [0.29, 0.717) is 35.7 Å². The van der Waals surface area contributed by atoms with Crippen LogP contribution in [0.1, 0.15) is 22.8 Å². The van der Waals surface area contributed by atoms with Gasteiger partial charge in [0.05, 0.1) is 31.1 Å². The molecule has 8 nitrogen and oxygen atoms in total. The summed E-state index contributed by atoms with van der Waals surface area (Å²) in [4.78, 5) is 0. The molecule has 0 fully saturated rings. The molecule has 0 saturated heterocycles. The van der Waals surface area contributed by atoms with Gasteiger partial charge < -0.3 is 23.7 Å². The van der Waals surface area contributed by atoms with Crippen molar-refractivity contribution in [2.45, 2.75) is 18.5 Å². The van der Waals surface area contributed by atoms with Crippen LogP contribution < -0.4 is 19.3 Å². The third-order valence-electron chi connectivity index (χ3n) is 5.59. The fourth-order valence-corrected chi connectivity index (χ4v) is 4.76. The first-order valence-corrected chi connectivity index (χ1v) is 13.1. The number of primary sulfonamides is 1. The van der Waals surface area contributed by atoms with E-state index in [1.807, 2.05) is 30.3 Å². The SMILES string of the molecule is COCCOCCOc1ccc2c(c1OC(F)F)-c1ccc(CS(N)(=O)=O)cc1C(c1ccccc1)O2. The van der Waals surface area contributed by atoms with E-state index in [1.54, 1.807) is 31.4 Å². The highest BCUT2D eigenvalue weighted by Crippen LogP contribution is 2.52. The normalized spacial score (nSPS) is 14.6. The van der Waals surface area contributed by atoms with E-state index in [1.165, 1.54) is 6.07 Å². The van der Waals surface area contributed by atoms with Gasteiger partial charge in [-0.3, -0.25) is 0 Å². The summed E-state index contributed by atoms with van der Waals surface area (Å²) in [5, 5.41) is 5.25. The van der Waals surface area contributed by atoms with Crippen molar-refractivity contribution >= 4 is 10.0 Å². The first-order chi connectivity index (χ1) is 17.8. The smallest absolute Gasteiger partial charge is 0.387 e. The highest BCUT2D eigenvalue weighted by atomic mass is 32.2. The molecule has 1 aliphatic rings. The first-order valence-electron chi connectivity index (χ1n) is 11.4. The van der Waals surface area contributed by atoms with Gasteiger partial charge in [0.25, 0.3) is 0 Å². The van der Waals surface area contributed by atoms with Crippen molar-refractivity contribution < 1.29 is 40.9 Å². The molecule has 11 heteroatoms. The summed E-state index contributed by atoms with van der Waals surface area (Å²) < 4.78 is 77.7. The molecule has 0 aromatic heterocycles. The monoisotopic (exact) mass is 535 g/mol. The fraction of sp³-hybridized carbons (Fsp3) is 0.308. The average molecular weight is 536 g/mol. The molecule has 1 aliphatic heterocycles. The lowest BCUT2D eigenvalue weighted by Crippen LogP contribution is -2.19. The Hall–Kier alpha value is -3.25. The van der Waals surface area contributed by atoms with Gasteiger partial charge in [-0.25, -0.2) is 13.6 Å². The minimum atomic E-state index is -3.80. The van der Waals surface area contributed by atoms with Crippen LogP contribution in [0.3, 0.4) is 0 Å². The summed E-state index contributed by atoms with van der Waals surface area (Å²) in [6.07, 6.45) is -0.621. The van der Waals surface area contributed by atoms with Crippen molar-refractivity contribution in [3.63, 3.8) is 0 Å². The molecule has 3 aromatic carbocycles. The third-order valence-corrected chi connectivity index (χ3v) is 6.33. The van der Waals surface area contributed by atoms with Crippen LogP contribution in [-0.4, -0.2) is 48.6 Å². The van der Waals surface area contributed by atoms with Crippen molar-refractivity contribution in [2.24, 2.45) is 5.14 Å². The van der Waals surface area contributed by atoms with E-state index in [-0.39, 0.29) is 36.0 Å². The van der Waals surface area contributed by atoms with E-state index < -0.39 is 22.7 Å². The van der Waals surface area contributed by atoms with Gasteiger partial charge in [-0.15, -0.1) is 0 Å². The Morgan fingerprint density at radius 2 is 1.76 bits per heavy atom. The maximum atomic E-state index is 13.5. The number of methoxy groups -OCH3 is 1. The minimum Gasteiger partial charge on any atom is -0.487 e. The molecule has 0 saturated carbocycles. The van der Waals surface area contributed by atoms with Gasteiger partial charge in [0, 0.05) is 12.7 Å². The molecule has 0 amide bonds. The quantitative estimate of drug-likeness (QED) is 0.345. The number of sulfonamides is 1. The number of rotatable bonds is 12. The summed E-state index contributed by atoms with van der Waals surface area (Å²) in [6.45, 7) is -2.02. The zero-order valence-electron chi connectivity index (χ0n) is 20.1. The highest BCUT2D eigenvalue weighted by Gasteiger charge is 2.32. The predicted octanol–water partition coefficient (Wildman–Crippen LogP) is 4.27. The van der Waals surface area contributed by atoms with Crippen molar-refractivity contribution in [3.05, 3.63) is 77.4 Å². The second-order valence-electron chi connectivity index (χ2n) is 8.24. The second kappa shape index (κ2) is 11.9. The van der Waals surface area contributed by atoms with E-state index >= 15 is 0 Å². The number of nitrogens with two attached hydrogens (primary N) is 1. The molecular weight excluding hydrogens is 508 g/mol. The van der Waals surface area contributed by atoms with Crippen LogP contribution in [0, 0.1) is 0 Å². The maximum absolute atomic E-state index is 13.5. The highest BCUT2D eigenvalue weighted by molar-refractivity contribution is 7.88. The number of hydrogen-bond donors (Lipinski definition) is 1. The zero-order valence-corrected chi connectivity index (χ0v) is 20.9. The number of fused-ring (bicyclic) bond motifs is 3. The summed E-state index contributed by atoms with van der Waals surface area (Å²) in [5.41, 5.74) is 2.64. The Morgan fingerprint density at radius 1 is 1.00 bits per heavy atom. The van der Waals surface area contributed by atoms with Gasteiger partial charge in [0.15, 0.2) is 11.5 Å². The maximum Gasteiger partial charge on any atom is 0.387 e. The molecule has 4 rings (SSSR count). The molecular formula is C26H27F2NO7S. The van der Waals surface area contributed by atoms with Crippen molar-refractivity contribution in [1.29, 1.82) is 0 Å². The van der Waals surface area contributed by atoms with Crippen LogP contribution in [0.15, 0.2) is 60.7 Å². The van der Waals surface area contributed by atoms with Crippen LogP contribution >= 0.6 is 0 Å². The summed E-state index contributed by atoms with van der Waals surface area (Å²) in [6, 6.07) is 17.3. The van der Waals surface area contributed by atoms with Gasteiger partial charge in [-0.2, -0.15) is 8.78 Å². The molecule has 0 radical (unpaired) electrons. The lowest BCUT2D eigenvalue weighted by Gasteiger charge is -2.31. The van der Waals surface area contributed by atoms with Gasteiger partial charge >= 0.3 is 6.61 Å². The molecule has 3 aromatic rings. The molecule has 0 spiro atoms. The molecule has 1 heterocycles. The number of ether oxygens (including phenoxy) is 5. The summed E-state index contributed by atoms with van der Waals surface area (Å²) in [7, 11) is -2.24. The van der Waals surface area contributed by atoms with Gasteiger partial charge in [0.1, 0.15) is 18.5 Å².